The van der Waals surface area contributed by atoms with Crippen LogP contribution >= 0.6 is 0 Å². The van der Waals surface area contributed by atoms with Crippen molar-refractivity contribution < 1.29 is 0 Å². The molecule has 7 rings (SSSR count). The number of benzene rings is 1. The zero-order valence-electron chi connectivity index (χ0n) is 24.8. The predicted octanol–water partition coefficient (Wildman–Crippen LogP) is 1.82. The molecular formula is C31H26N10O4. The minimum absolute atomic E-state index is 0.0300. The fourth-order valence-corrected chi connectivity index (χ4v) is 5.53. The third-order valence-corrected chi connectivity index (χ3v) is 7.90. The van der Waals surface area contributed by atoms with E-state index >= 15 is 0 Å². The number of aromatic nitrogens is 10. The van der Waals surface area contributed by atoms with Gasteiger partial charge in [-0.25, -0.2) is 19.6 Å². The summed E-state index contributed by atoms with van der Waals surface area (Å²) in [6.45, 7) is 6.42. The Kier molecular flexibility index (Phi) is 6.42. The molecule has 14 heteroatoms. The van der Waals surface area contributed by atoms with Crippen molar-refractivity contribution in [1.82, 2.24) is 48.2 Å². The summed E-state index contributed by atoms with van der Waals surface area (Å²) in [6, 6.07) is 10.9. The number of nitrogens with zero attached hydrogens (tertiary/aromatic N) is 10. The van der Waals surface area contributed by atoms with Crippen LogP contribution < -0.4 is 22.5 Å². The molecule has 0 atom stereocenters. The number of fused-ring (bicyclic) bond motifs is 4. The van der Waals surface area contributed by atoms with Crippen LogP contribution in [0.25, 0.3) is 56.5 Å². The van der Waals surface area contributed by atoms with Crippen LogP contribution in [0.4, 0.5) is 0 Å². The summed E-state index contributed by atoms with van der Waals surface area (Å²) in [5.41, 5.74) is 2.69. The SMILES string of the molecule is CCn1c2nc(=O)n(C)c(=O)c-2nc2cc3c(cc21)nc1c(=O)n(Cc2ccc(-c4ccc(C)cn4)nc2)c(=O)nc-1n3CC. The molecule has 0 saturated heterocycles. The van der Waals surface area contributed by atoms with E-state index in [2.05, 4.69) is 29.9 Å². The molecule has 0 spiro atoms. The van der Waals surface area contributed by atoms with E-state index in [1.807, 2.05) is 32.9 Å². The Balaban J connectivity index is 1.40. The Morgan fingerprint density at radius 3 is 1.73 bits per heavy atom. The van der Waals surface area contributed by atoms with Gasteiger partial charge < -0.3 is 9.13 Å². The lowest BCUT2D eigenvalue weighted by Crippen LogP contribution is -2.39. The maximum atomic E-state index is 13.8. The lowest BCUT2D eigenvalue weighted by molar-refractivity contribution is 0.672. The molecule has 45 heavy (non-hydrogen) atoms. The van der Waals surface area contributed by atoms with E-state index in [0.717, 1.165) is 14.7 Å². The van der Waals surface area contributed by atoms with Gasteiger partial charge in [0, 0.05) is 32.5 Å². The van der Waals surface area contributed by atoms with Crippen LogP contribution in [0.3, 0.4) is 0 Å². The standard InChI is InChI=1S/C31H26N10O4/c1-5-39-22-12-21-23(11-20(22)34-24-26(39)36-30(44)38(4)28(24)42)40(6-2)27-25(35-21)29(43)41(31(45)37-27)15-17-8-10-19(33-14-17)18-9-7-16(3)13-32-18/h7-14H,5-6,15H2,1-4H3. The minimum atomic E-state index is -0.711. The molecule has 0 N–H and O–H groups in total. The van der Waals surface area contributed by atoms with Gasteiger partial charge in [0.15, 0.2) is 23.0 Å². The summed E-state index contributed by atoms with van der Waals surface area (Å²) in [4.78, 5) is 78.7. The molecule has 0 radical (unpaired) electrons. The molecule has 3 aromatic rings. The lowest BCUT2D eigenvalue weighted by Gasteiger charge is -2.19. The van der Waals surface area contributed by atoms with Gasteiger partial charge in [0.25, 0.3) is 11.1 Å². The highest BCUT2D eigenvalue weighted by molar-refractivity contribution is 5.94. The fraction of sp³-hybridized carbons (Fsp3) is 0.226. The van der Waals surface area contributed by atoms with Gasteiger partial charge in [-0.15, -0.1) is 0 Å². The number of aryl methyl sites for hydroxylation is 3. The molecule has 0 saturated carbocycles. The van der Waals surface area contributed by atoms with Crippen molar-refractivity contribution in [3.05, 3.63) is 102 Å². The van der Waals surface area contributed by atoms with Gasteiger partial charge in [-0.05, 0) is 56.2 Å². The van der Waals surface area contributed by atoms with Gasteiger partial charge in [-0.1, -0.05) is 12.1 Å². The van der Waals surface area contributed by atoms with E-state index in [1.165, 1.54) is 7.05 Å². The summed E-state index contributed by atoms with van der Waals surface area (Å²) in [7, 11) is 1.36. The van der Waals surface area contributed by atoms with Crippen molar-refractivity contribution in [2.45, 2.75) is 40.4 Å². The van der Waals surface area contributed by atoms with Gasteiger partial charge in [0.05, 0.1) is 40.0 Å². The van der Waals surface area contributed by atoms with E-state index in [-0.39, 0.29) is 29.6 Å². The third kappa shape index (κ3) is 4.41. The monoisotopic (exact) mass is 602 g/mol. The van der Waals surface area contributed by atoms with E-state index < -0.39 is 22.5 Å². The maximum Gasteiger partial charge on any atom is 0.352 e. The van der Waals surface area contributed by atoms with Gasteiger partial charge in [-0.3, -0.25) is 28.7 Å². The van der Waals surface area contributed by atoms with Crippen molar-refractivity contribution >= 4 is 22.1 Å². The summed E-state index contributed by atoms with van der Waals surface area (Å²) < 4.78 is 5.41. The Hall–Kier alpha value is -5.92. The number of hydrogen-bond acceptors (Lipinski definition) is 10. The minimum Gasteiger partial charge on any atom is -0.323 e. The summed E-state index contributed by atoms with van der Waals surface area (Å²) in [5, 5.41) is 0. The molecule has 4 aliphatic rings. The van der Waals surface area contributed by atoms with Crippen LogP contribution in [-0.4, -0.2) is 48.2 Å². The van der Waals surface area contributed by atoms with Crippen LogP contribution in [-0.2, 0) is 26.7 Å². The topological polar surface area (TPSA) is 165 Å². The lowest BCUT2D eigenvalue weighted by atomic mass is 10.2. The van der Waals surface area contributed by atoms with Gasteiger partial charge in [0.2, 0.25) is 0 Å². The normalized spacial score (nSPS) is 11.7. The Labute approximate surface area is 253 Å². The zero-order valence-corrected chi connectivity index (χ0v) is 24.8. The van der Waals surface area contributed by atoms with Crippen LogP contribution in [0.2, 0.25) is 0 Å². The van der Waals surface area contributed by atoms with Crippen molar-refractivity contribution in [3.8, 4) is 34.4 Å². The van der Waals surface area contributed by atoms with Crippen LogP contribution in [0.15, 0.2) is 68.0 Å². The third-order valence-electron chi connectivity index (χ3n) is 7.90. The molecule has 4 aliphatic heterocycles. The largest absolute Gasteiger partial charge is 0.352 e. The first-order valence-corrected chi connectivity index (χ1v) is 14.3. The van der Waals surface area contributed by atoms with Crippen molar-refractivity contribution in [2.75, 3.05) is 0 Å². The molecular weight excluding hydrogens is 576 g/mol. The summed E-state index contributed by atoms with van der Waals surface area (Å²) in [5.74, 6) is 0.312. The van der Waals surface area contributed by atoms with E-state index in [4.69, 9.17) is 0 Å². The van der Waals surface area contributed by atoms with E-state index in [0.29, 0.717) is 52.1 Å². The Morgan fingerprint density at radius 2 is 1.20 bits per heavy atom. The molecule has 224 valence electrons. The second kappa shape index (κ2) is 10.4. The van der Waals surface area contributed by atoms with Crippen molar-refractivity contribution in [1.29, 1.82) is 0 Å². The van der Waals surface area contributed by atoms with E-state index in [9.17, 15) is 19.2 Å². The van der Waals surface area contributed by atoms with Crippen LogP contribution in [0, 0.1) is 6.92 Å². The molecule has 0 amide bonds. The molecule has 0 fully saturated rings. The van der Waals surface area contributed by atoms with Crippen molar-refractivity contribution in [2.24, 2.45) is 7.05 Å². The van der Waals surface area contributed by atoms with Gasteiger partial charge in [0.1, 0.15) is 0 Å². The smallest absolute Gasteiger partial charge is 0.323 e. The summed E-state index contributed by atoms with van der Waals surface area (Å²) in [6.07, 6.45) is 3.37. The Bertz CT molecular complexity index is 2480. The molecule has 14 nitrogen and oxygen atoms in total. The first kappa shape index (κ1) is 27.9. The highest BCUT2D eigenvalue weighted by Gasteiger charge is 2.24. The first-order valence-electron chi connectivity index (χ1n) is 14.3. The molecule has 0 aliphatic carbocycles. The van der Waals surface area contributed by atoms with Gasteiger partial charge in [-0.2, -0.15) is 9.97 Å². The quantitative estimate of drug-likeness (QED) is 0.265. The fourth-order valence-electron chi connectivity index (χ4n) is 5.53. The molecule has 1 aromatic carbocycles. The molecule has 2 aromatic heterocycles. The number of pyridine rings is 2. The van der Waals surface area contributed by atoms with Gasteiger partial charge >= 0.3 is 11.4 Å². The van der Waals surface area contributed by atoms with Crippen LogP contribution in [0.5, 0.6) is 0 Å². The van der Waals surface area contributed by atoms with Crippen molar-refractivity contribution in [3.63, 3.8) is 0 Å². The van der Waals surface area contributed by atoms with E-state index in [1.54, 1.807) is 45.8 Å². The highest BCUT2D eigenvalue weighted by Crippen LogP contribution is 2.28. The molecule has 6 heterocycles. The average molecular weight is 603 g/mol. The Morgan fingerprint density at radius 1 is 0.644 bits per heavy atom. The number of hydrogen-bond donors (Lipinski definition) is 0. The second-order valence-electron chi connectivity index (χ2n) is 10.7. The number of rotatable bonds is 5. The van der Waals surface area contributed by atoms with Crippen LogP contribution in [0.1, 0.15) is 25.0 Å². The summed E-state index contributed by atoms with van der Waals surface area (Å²) >= 11 is 0. The zero-order chi connectivity index (χ0) is 31.6. The first-order chi connectivity index (χ1) is 21.7. The highest BCUT2D eigenvalue weighted by atomic mass is 16.2. The predicted molar refractivity (Wildman–Crippen MR) is 167 cm³/mol. The maximum absolute atomic E-state index is 13.8. The molecule has 0 unspecified atom stereocenters. The average Bonchev–Trinajstić information content (AvgIpc) is 3.04. The second-order valence-corrected chi connectivity index (χ2v) is 10.7. The molecule has 0 bridgehead atoms.